The number of carbonyl (C=O) groups is 2. The Hall–Kier alpha value is -1.59. The smallest absolute Gasteiger partial charge is 0.253 e. The molecule has 5 nitrogen and oxygen atoms in total. The second kappa shape index (κ2) is 10.4. The first-order valence-electron chi connectivity index (χ1n) is 8.90. The average molecular weight is 368 g/mol. The van der Waals surface area contributed by atoms with Crippen molar-refractivity contribution < 1.29 is 9.59 Å². The summed E-state index contributed by atoms with van der Waals surface area (Å²) in [5.41, 5.74) is 7.03. The van der Waals surface area contributed by atoms with Crippen molar-refractivity contribution in [2.45, 2.75) is 64.0 Å². The molecule has 1 aromatic carbocycles. The minimum Gasteiger partial charge on any atom is -0.339 e. The number of anilines is 1. The Bertz CT molecular complexity index is 554. The van der Waals surface area contributed by atoms with Gasteiger partial charge in [-0.1, -0.05) is 19.3 Å². The van der Waals surface area contributed by atoms with Gasteiger partial charge in [-0.3, -0.25) is 9.59 Å². The van der Waals surface area contributed by atoms with Gasteiger partial charge in [0.1, 0.15) is 0 Å². The molecule has 1 saturated carbocycles. The molecule has 1 atom stereocenters. The number of nitrogens with two attached hydrogens (primary N) is 1. The molecule has 0 spiro atoms. The Morgan fingerprint density at radius 2 is 1.80 bits per heavy atom. The van der Waals surface area contributed by atoms with Crippen LogP contribution in [0.2, 0.25) is 0 Å². The van der Waals surface area contributed by atoms with E-state index in [4.69, 9.17) is 5.73 Å². The van der Waals surface area contributed by atoms with Gasteiger partial charge < -0.3 is 16.0 Å². The fourth-order valence-corrected chi connectivity index (χ4v) is 3.12. The Morgan fingerprint density at radius 1 is 1.20 bits per heavy atom. The molecule has 3 N–H and O–H groups in total. The molecule has 2 rings (SSSR count). The lowest BCUT2D eigenvalue weighted by atomic mass is 9.94. The largest absolute Gasteiger partial charge is 0.339 e. The standard InChI is InChI=1S/C19H29N3O2.ClH/c1-14(20)8-13-18(23)21-16-11-9-15(10-12-16)19(24)22(2)17-6-4-3-5-7-17;/h9-12,14,17H,3-8,13,20H2,1-2H3,(H,21,23);1H. The van der Waals surface area contributed by atoms with Gasteiger partial charge in [0.05, 0.1) is 0 Å². The van der Waals surface area contributed by atoms with Gasteiger partial charge in [0.15, 0.2) is 0 Å². The van der Waals surface area contributed by atoms with Gasteiger partial charge in [-0.2, -0.15) is 0 Å². The van der Waals surface area contributed by atoms with Crippen LogP contribution in [0.1, 0.15) is 62.2 Å². The average Bonchev–Trinajstić information content (AvgIpc) is 2.60. The molecule has 1 unspecified atom stereocenters. The zero-order chi connectivity index (χ0) is 17.5. The van der Waals surface area contributed by atoms with Crippen LogP contribution in [-0.4, -0.2) is 35.8 Å². The first-order chi connectivity index (χ1) is 11.5. The van der Waals surface area contributed by atoms with E-state index in [9.17, 15) is 9.59 Å². The third kappa shape index (κ3) is 6.67. The van der Waals surface area contributed by atoms with E-state index < -0.39 is 0 Å². The Kier molecular flexibility index (Phi) is 8.93. The van der Waals surface area contributed by atoms with Gasteiger partial charge in [-0.25, -0.2) is 0 Å². The van der Waals surface area contributed by atoms with Crippen molar-refractivity contribution in [3.05, 3.63) is 29.8 Å². The normalized spacial score (nSPS) is 15.8. The number of halogens is 1. The van der Waals surface area contributed by atoms with Crippen molar-refractivity contribution in [2.24, 2.45) is 5.73 Å². The Labute approximate surface area is 156 Å². The van der Waals surface area contributed by atoms with Crippen LogP contribution >= 0.6 is 12.4 Å². The predicted octanol–water partition coefficient (Wildman–Crippen LogP) is 3.58. The highest BCUT2D eigenvalue weighted by Crippen LogP contribution is 2.23. The highest BCUT2D eigenvalue weighted by Gasteiger charge is 2.22. The van der Waals surface area contributed by atoms with Crippen LogP contribution in [0.5, 0.6) is 0 Å². The predicted molar refractivity (Wildman–Crippen MR) is 104 cm³/mol. The van der Waals surface area contributed by atoms with Gasteiger partial charge in [0, 0.05) is 36.8 Å². The monoisotopic (exact) mass is 367 g/mol. The minimum absolute atomic E-state index is 0. The first kappa shape index (κ1) is 21.5. The summed E-state index contributed by atoms with van der Waals surface area (Å²) < 4.78 is 0. The molecular weight excluding hydrogens is 338 g/mol. The summed E-state index contributed by atoms with van der Waals surface area (Å²) in [5, 5.41) is 2.84. The molecule has 25 heavy (non-hydrogen) atoms. The van der Waals surface area contributed by atoms with E-state index in [0.717, 1.165) is 12.8 Å². The van der Waals surface area contributed by atoms with Crippen molar-refractivity contribution >= 4 is 29.9 Å². The molecule has 0 bridgehead atoms. The number of nitrogens with one attached hydrogen (secondary N) is 1. The van der Waals surface area contributed by atoms with E-state index in [1.165, 1.54) is 19.3 Å². The Morgan fingerprint density at radius 3 is 2.36 bits per heavy atom. The number of hydrogen-bond acceptors (Lipinski definition) is 3. The molecule has 0 aliphatic heterocycles. The van der Waals surface area contributed by atoms with Crippen LogP contribution in [0, 0.1) is 0 Å². The highest BCUT2D eigenvalue weighted by atomic mass is 35.5. The second-order valence-electron chi connectivity index (χ2n) is 6.85. The first-order valence-corrected chi connectivity index (χ1v) is 8.90. The molecule has 0 radical (unpaired) electrons. The van der Waals surface area contributed by atoms with Gasteiger partial charge in [-0.05, 0) is 50.5 Å². The number of hydrogen-bond donors (Lipinski definition) is 2. The number of amides is 2. The van der Waals surface area contributed by atoms with Crippen LogP contribution in [0.25, 0.3) is 0 Å². The number of nitrogens with zero attached hydrogens (tertiary/aromatic N) is 1. The van der Waals surface area contributed by atoms with E-state index in [2.05, 4.69) is 5.32 Å². The second-order valence-corrected chi connectivity index (χ2v) is 6.85. The topological polar surface area (TPSA) is 75.4 Å². The van der Waals surface area contributed by atoms with Crippen molar-refractivity contribution in [1.82, 2.24) is 4.90 Å². The van der Waals surface area contributed by atoms with Crippen LogP contribution < -0.4 is 11.1 Å². The van der Waals surface area contributed by atoms with Gasteiger partial charge in [-0.15, -0.1) is 12.4 Å². The van der Waals surface area contributed by atoms with Gasteiger partial charge >= 0.3 is 0 Å². The Balaban J connectivity index is 0.00000312. The van der Waals surface area contributed by atoms with E-state index in [1.54, 1.807) is 24.3 Å². The maximum absolute atomic E-state index is 12.6. The SMILES string of the molecule is CC(N)CCC(=O)Nc1ccc(C(=O)N(C)C2CCCCC2)cc1.Cl. The zero-order valence-electron chi connectivity index (χ0n) is 15.2. The zero-order valence-corrected chi connectivity index (χ0v) is 16.0. The fraction of sp³-hybridized carbons (Fsp3) is 0.579. The molecule has 1 aliphatic carbocycles. The van der Waals surface area contributed by atoms with Crippen molar-refractivity contribution in [2.75, 3.05) is 12.4 Å². The third-order valence-corrected chi connectivity index (χ3v) is 4.69. The lowest BCUT2D eigenvalue weighted by molar-refractivity contribution is -0.116. The van der Waals surface area contributed by atoms with E-state index in [0.29, 0.717) is 30.1 Å². The summed E-state index contributed by atoms with van der Waals surface area (Å²) in [7, 11) is 1.89. The van der Waals surface area contributed by atoms with Crippen LogP contribution in [-0.2, 0) is 4.79 Å². The van der Waals surface area contributed by atoms with E-state index in [1.807, 2.05) is 18.9 Å². The quantitative estimate of drug-likeness (QED) is 0.806. The fourth-order valence-electron chi connectivity index (χ4n) is 3.12. The summed E-state index contributed by atoms with van der Waals surface area (Å²) in [4.78, 5) is 26.3. The molecule has 0 heterocycles. The number of carbonyl (C=O) groups excluding carboxylic acids is 2. The summed E-state index contributed by atoms with van der Waals surface area (Å²) in [5.74, 6) is 0.00225. The van der Waals surface area contributed by atoms with Crippen LogP contribution in [0.3, 0.4) is 0 Å². The van der Waals surface area contributed by atoms with Gasteiger partial charge in [0.25, 0.3) is 5.91 Å². The molecule has 1 aliphatic rings. The molecule has 1 aromatic rings. The molecule has 6 heteroatoms. The maximum atomic E-state index is 12.6. The molecular formula is C19H30ClN3O2. The molecule has 0 aromatic heterocycles. The maximum Gasteiger partial charge on any atom is 0.253 e. The van der Waals surface area contributed by atoms with Crippen molar-refractivity contribution in [3.63, 3.8) is 0 Å². The lowest BCUT2D eigenvalue weighted by Crippen LogP contribution is -2.38. The lowest BCUT2D eigenvalue weighted by Gasteiger charge is -2.31. The van der Waals surface area contributed by atoms with Crippen LogP contribution in [0.15, 0.2) is 24.3 Å². The highest BCUT2D eigenvalue weighted by molar-refractivity contribution is 5.95. The summed E-state index contributed by atoms with van der Waals surface area (Å²) in [6.07, 6.45) is 6.93. The summed E-state index contributed by atoms with van der Waals surface area (Å²) in [6.45, 7) is 1.89. The minimum atomic E-state index is -0.0503. The summed E-state index contributed by atoms with van der Waals surface area (Å²) >= 11 is 0. The summed E-state index contributed by atoms with van der Waals surface area (Å²) in [6, 6.07) is 7.50. The van der Waals surface area contributed by atoms with Gasteiger partial charge in [0.2, 0.25) is 5.91 Å². The van der Waals surface area contributed by atoms with Crippen LogP contribution in [0.4, 0.5) is 5.69 Å². The molecule has 140 valence electrons. The van der Waals surface area contributed by atoms with Crippen molar-refractivity contribution in [1.29, 1.82) is 0 Å². The van der Waals surface area contributed by atoms with E-state index >= 15 is 0 Å². The number of rotatable bonds is 6. The third-order valence-electron chi connectivity index (χ3n) is 4.69. The van der Waals surface area contributed by atoms with Crippen molar-refractivity contribution in [3.8, 4) is 0 Å². The molecule has 1 fully saturated rings. The molecule has 0 saturated heterocycles. The molecule has 2 amide bonds. The number of benzene rings is 1. The van der Waals surface area contributed by atoms with E-state index in [-0.39, 0.29) is 30.3 Å².